The third-order valence-corrected chi connectivity index (χ3v) is 7.45. The first-order valence-corrected chi connectivity index (χ1v) is 11.1. The van der Waals surface area contributed by atoms with Crippen molar-refractivity contribution in [3.63, 3.8) is 0 Å². The van der Waals surface area contributed by atoms with Gasteiger partial charge in [-0.1, -0.05) is 47.5 Å². The van der Waals surface area contributed by atoms with Gasteiger partial charge in [0.05, 0.1) is 11.3 Å². The molecular weight excluding hydrogens is 448 g/mol. The van der Waals surface area contributed by atoms with Crippen LogP contribution in [-0.2, 0) is 23.6 Å². The van der Waals surface area contributed by atoms with Gasteiger partial charge in [-0.3, -0.25) is 0 Å². The largest absolute Gasteiger partial charge is 0.355 e. The second-order valence-corrected chi connectivity index (χ2v) is 9.87. The van der Waals surface area contributed by atoms with Crippen LogP contribution >= 0.6 is 23.2 Å². The fourth-order valence-electron chi connectivity index (χ4n) is 3.33. The third kappa shape index (κ3) is 3.58. The standard InChI is InChI=1S/C21H17Cl2FN3O2S/c1-26-11-21(25-14-26)30(28,29)27(13-16-6-7-17(22)10-19(16)23)9-8-15(12-27)18-4-2-3-5-20(18)24/h2-12,14H,13H2,1H3/q+1. The maximum atomic E-state index is 14.4. The van der Waals surface area contributed by atoms with Crippen molar-refractivity contribution in [3.05, 3.63) is 100 Å². The van der Waals surface area contributed by atoms with Crippen molar-refractivity contribution >= 4 is 38.8 Å². The topological polar surface area (TPSA) is 52.0 Å². The van der Waals surface area contributed by atoms with Crippen molar-refractivity contribution in [2.45, 2.75) is 11.6 Å². The molecule has 0 N–H and O–H groups in total. The fraction of sp³-hybridized carbons (Fsp3) is 0.0952. The van der Waals surface area contributed by atoms with E-state index in [1.54, 1.807) is 54.1 Å². The van der Waals surface area contributed by atoms with Crippen LogP contribution in [0.1, 0.15) is 11.1 Å². The first-order chi connectivity index (χ1) is 14.2. The Morgan fingerprint density at radius 3 is 2.60 bits per heavy atom. The van der Waals surface area contributed by atoms with Crippen molar-refractivity contribution in [3.8, 4) is 0 Å². The Hall–Kier alpha value is -2.45. The number of sulfonamides is 1. The smallest absolute Gasteiger partial charge is 0.339 e. The lowest BCUT2D eigenvalue weighted by Gasteiger charge is -2.27. The molecule has 0 amide bonds. The molecule has 0 aliphatic carbocycles. The monoisotopic (exact) mass is 464 g/mol. The van der Waals surface area contributed by atoms with Gasteiger partial charge in [-0.05, 0) is 18.2 Å². The van der Waals surface area contributed by atoms with Crippen LogP contribution in [0.5, 0.6) is 0 Å². The van der Waals surface area contributed by atoms with Crippen LogP contribution < -0.4 is 0 Å². The van der Waals surface area contributed by atoms with E-state index in [9.17, 15) is 12.8 Å². The maximum absolute atomic E-state index is 14.4. The number of rotatable bonds is 5. The average molecular weight is 465 g/mol. The molecule has 5 nitrogen and oxygen atoms in total. The SMILES string of the molecule is Cn1cnc(S(=O)(=O)[N+]2(Cc3ccc(Cl)cc3Cl)C=CC(c3ccccc3F)=C2)c1. The number of allylic oxidation sites excluding steroid dienone is 2. The lowest BCUT2D eigenvalue weighted by molar-refractivity contribution is -0.706. The van der Waals surface area contributed by atoms with E-state index < -0.39 is 19.7 Å². The molecule has 9 heteroatoms. The molecule has 0 spiro atoms. The Kier molecular flexibility index (Phi) is 5.32. The van der Waals surface area contributed by atoms with Crippen molar-refractivity contribution in [1.29, 1.82) is 0 Å². The summed E-state index contributed by atoms with van der Waals surface area (Å²) in [6.07, 6.45) is 7.47. The van der Waals surface area contributed by atoms with E-state index in [2.05, 4.69) is 4.98 Å². The number of hydrogen-bond acceptors (Lipinski definition) is 3. The van der Waals surface area contributed by atoms with Crippen LogP contribution in [-0.4, -0.2) is 21.9 Å². The molecule has 2 aromatic carbocycles. The van der Waals surface area contributed by atoms with Crippen molar-refractivity contribution in [1.82, 2.24) is 9.55 Å². The Balaban J connectivity index is 1.88. The van der Waals surface area contributed by atoms with Gasteiger partial charge in [0.25, 0.3) is 0 Å². The Bertz CT molecular complexity index is 1300. The van der Waals surface area contributed by atoms with Crippen LogP contribution in [0.3, 0.4) is 0 Å². The van der Waals surface area contributed by atoms with Crippen molar-refractivity contribution < 1.29 is 16.7 Å². The zero-order valence-corrected chi connectivity index (χ0v) is 18.2. The predicted molar refractivity (Wildman–Crippen MR) is 114 cm³/mol. The lowest BCUT2D eigenvalue weighted by atomic mass is 10.1. The second kappa shape index (κ2) is 7.67. The van der Waals surface area contributed by atoms with Gasteiger partial charge in [-0.15, -0.1) is 0 Å². The van der Waals surface area contributed by atoms with E-state index in [1.807, 2.05) is 0 Å². The summed E-state index contributed by atoms with van der Waals surface area (Å²) in [5, 5.41) is 0.700. The molecule has 0 saturated carbocycles. The third-order valence-electron chi connectivity index (χ3n) is 4.87. The number of nitrogens with zero attached hydrogens (tertiary/aromatic N) is 3. The van der Waals surface area contributed by atoms with Gasteiger partial charge in [0, 0.05) is 41.0 Å². The first kappa shape index (κ1) is 20.8. The van der Waals surface area contributed by atoms with E-state index in [4.69, 9.17) is 23.2 Å². The van der Waals surface area contributed by atoms with E-state index in [0.717, 1.165) is 0 Å². The zero-order chi connectivity index (χ0) is 21.5. The molecular formula is C21H17Cl2FN3O2S+. The average Bonchev–Trinajstić information content (AvgIpc) is 3.32. The van der Waals surface area contributed by atoms with Gasteiger partial charge in [0.1, 0.15) is 24.8 Å². The van der Waals surface area contributed by atoms with Crippen LogP contribution in [0.15, 0.2) is 78.5 Å². The minimum absolute atomic E-state index is 0.0106. The van der Waals surface area contributed by atoms with Crippen LogP contribution in [0.2, 0.25) is 10.0 Å². The van der Waals surface area contributed by atoms with Crippen molar-refractivity contribution in [2.75, 3.05) is 0 Å². The quantitative estimate of drug-likeness (QED) is 0.491. The molecule has 1 aromatic heterocycles. The van der Waals surface area contributed by atoms with Gasteiger partial charge < -0.3 is 4.57 Å². The molecule has 1 aliphatic rings. The molecule has 0 saturated heterocycles. The fourth-order valence-corrected chi connectivity index (χ4v) is 5.41. The molecule has 154 valence electrons. The number of aromatic nitrogens is 2. The molecule has 1 unspecified atom stereocenters. The normalized spacial score (nSPS) is 18.6. The number of aryl methyl sites for hydroxylation is 1. The molecule has 30 heavy (non-hydrogen) atoms. The number of halogens is 3. The highest BCUT2D eigenvalue weighted by atomic mass is 35.5. The van der Waals surface area contributed by atoms with Crippen LogP contribution in [0.25, 0.3) is 5.57 Å². The summed E-state index contributed by atoms with van der Waals surface area (Å²) in [4.78, 5) is 4.04. The van der Waals surface area contributed by atoms with Gasteiger partial charge in [0.15, 0.2) is 0 Å². The summed E-state index contributed by atoms with van der Waals surface area (Å²) >= 11 is 12.3. The van der Waals surface area contributed by atoms with E-state index in [0.29, 0.717) is 26.7 Å². The summed E-state index contributed by atoms with van der Waals surface area (Å²) in [5.74, 6) is -0.437. The summed E-state index contributed by atoms with van der Waals surface area (Å²) in [6.45, 7) is -0.0106. The first-order valence-electron chi connectivity index (χ1n) is 8.93. The number of hydrogen-bond donors (Lipinski definition) is 0. The van der Waals surface area contributed by atoms with Gasteiger partial charge in [-0.25, -0.2) is 9.37 Å². The Morgan fingerprint density at radius 2 is 1.93 bits per heavy atom. The minimum Gasteiger partial charge on any atom is -0.339 e. The molecule has 0 radical (unpaired) electrons. The number of imidazole rings is 1. The lowest BCUT2D eigenvalue weighted by Crippen LogP contribution is -2.41. The maximum Gasteiger partial charge on any atom is 0.355 e. The molecule has 4 rings (SSSR count). The molecule has 0 bridgehead atoms. The molecule has 0 fully saturated rings. The highest BCUT2D eigenvalue weighted by Crippen LogP contribution is 2.38. The molecule has 3 aromatic rings. The summed E-state index contributed by atoms with van der Waals surface area (Å²) < 4.78 is 42.6. The van der Waals surface area contributed by atoms with E-state index >= 15 is 0 Å². The predicted octanol–water partition coefficient (Wildman–Crippen LogP) is 5.14. The van der Waals surface area contributed by atoms with Gasteiger partial charge in [-0.2, -0.15) is 12.3 Å². The Morgan fingerprint density at radius 1 is 1.17 bits per heavy atom. The summed E-state index contributed by atoms with van der Waals surface area (Å²) in [5.41, 5.74) is 1.35. The number of benzene rings is 2. The second-order valence-electron chi connectivity index (χ2n) is 6.98. The Labute approximate surface area is 183 Å². The van der Waals surface area contributed by atoms with Crippen LogP contribution in [0, 0.1) is 5.82 Å². The highest BCUT2D eigenvalue weighted by molar-refractivity contribution is 7.86. The van der Waals surface area contributed by atoms with Gasteiger partial charge >= 0.3 is 10.0 Å². The molecule has 1 atom stereocenters. The molecule has 2 heterocycles. The van der Waals surface area contributed by atoms with E-state index in [1.165, 1.54) is 31.0 Å². The van der Waals surface area contributed by atoms with E-state index in [-0.39, 0.29) is 11.6 Å². The highest BCUT2D eigenvalue weighted by Gasteiger charge is 2.45. The summed E-state index contributed by atoms with van der Waals surface area (Å²) in [7, 11) is -2.34. The molecule has 1 aliphatic heterocycles. The minimum atomic E-state index is -4.03. The summed E-state index contributed by atoms with van der Waals surface area (Å²) in [6, 6.07) is 11.1. The van der Waals surface area contributed by atoms with Crippen LogP contribution in [0.4, 0.5) is 4.39 Å². The zero-order valence-electron chi connectivity index (χ0n) is 15.8. The van der Waals surface area contributed by atoms with Gasteiger partial charge in [0.2, 0.25) is 5.03 Å². The number of quaternary nitrogens is 1. The van der Waals surface area contributed by atoms with Crippen molar-refractivity contribution in [2.24, 2.45) is 7.05 Å².